The summed E-state index contributed by atoms with van der Waals surface area (Å²) >= 11 is 0. The highest BCUT2D eigenvalue weighted by Crippen LogP contribution is 2.26. The third-order valence-electron chi connectivity index (χ3n) is 3.43. The third-order valence-corrected chi connectivity index (χ3v) is 3.43. The molecular formula is C13H15N3O. The fraction of sp³-hybridized carbons (Fsp3) is 0.385. The maximum atomic E-state index is 12.0. The Bertz CT molecular complexity index is 540. The Morgan fingerprint density at radius 2 is 2.18 bits per heavy atom. The molecule has 2 aromatic rings. The van der Waals surface area contributed by atoms with Gasteiger partial charge in [-0.2, -0.15) is 5.10 Å². The van der Waals surface area contributed by atoms with Gasteiger partial charge in [0, 0.05) is 17.0 Å². The van der Waals surface area contributed by atoms with Crippen LogP contribution in [0.1, 0.15) is 25.7 Å². The van der Waals surface area contributed by atoms with E-state index in [4.69, 9.17) is 0 Å². The number of H-pyrrole nitrogens is 1. The summed E-state index contributed by atoms with van der Waals surface area (Å²) in [6.45, 7) is 0. The quantitative estimate of drug-likeness (QED) is 0.831. The molecule has 1 fully saturated rings. The molecule has 1 aliphatic rings. The molecule has 0 atom stereocenters. The van der Waals surface area contributed by atoms with E-state index in [-0.39, 0.29) is 11.8 Å². The SMILES string of the molecule is O=C(Nc1ccc2[nH]ncc2c1)C1CCCC1. The number of aromatic amines is 1. The molecule has 3 rings (SSSR count). The monoisotopic (exact) mass is 229 g/mol. The van der Waals surface area contributed by atoms with Crippen LogP contribution in [0, 0.1) is 5.92 Å². The van der Waals surface area contributed by atoms with Crippen LogP contribution in [0.2, 0.25) is 0 Å². The molecule has 4 heteroatoms. The normalized spacial score (nSPS) is 16.5. The molecule has 0 spiro atoms. The van der Waals surface area contributed by atoms with Crippen molar-refractivity contribution in [1.82, 2.24) is 10.2 Å². The lowest BCUT2D eigenvalue weighted by Gasteiger charge is -2.10. The van der Waals surface area contributed by atoms with Crippen LogP contribution in [-0.4, -0.2) is 16.1 Å². The molecule has 0 unspecified atom stereocenters. The fourth-order valence-electron chi connectivity index (χ4n) is 2.45. The Hall–Kier alpha value is -1.84. The lowest BCUT2D eigenvalue weighted by molar-refractivity contribution is -0.119. The summed E-state index contributed by atoms with van der Waals surface area (Å²) in [6.07, 6.45) is 6.18. The minimum atomic E-state index is 0.158. The lowest BCUT2D eigenvalue weighted by Crippen LogP contribution is -2.20. The van der Waals surface area contributed by atoms with E-state index in [2.05, 4.69) is 15.5 Å². The van der Waals surface area contributed by atoms with Crippen molar-refractivity contribution in [1.29, 1.82) is 0 Å². The van der Waals surface area contributed by atoms with E-state index < -0.39 is 0 Å². The molecule has 0 bridgehead atoms. The highest BCUT2D eigenvalue weighted by atomic mass is 16.1. The highest BCUT2D eigenvalue weighted by Gasteiger charge is 2.22. The Labute approximate surface area is 99.4 Å². The second-order valence-corrected chi connectivity index (χ2v) is 4.64. The van der Waals surface area contributed by atoms with Crippen molar-refractivity contribution in [2.24, 2.45) is 5.92 Å². The molecule has 0 aliphatic heterocycles. The zero-order valence-corrected chi connectivity index (χ0v) is 9.57. The summed E-state index contributed by atoms with van der Waals surface area (Å²) in [4.78, 5) is 12.0. The van der Waals surface area contributed by atoms with Gasteiger partial charge in [0.1, 0.15) is 0 Å². The smallest absolute Gasteiger partial charge is 0.227 e. The van der Waals surface area contributed by atoms with Crippen LogP contribution in [0.3, 0.4) is 0 Å². The molecule has 88 valence electrons. The van der Waals surface area contributed by atoms with Gasteiger partial charge in [0.15, 0.2) is 0 Å². The number of rotatable bonds is 2. The van der Waals surface area contributed by atoms with Gasteiger partial charge in [0.25, 0.3) is 0 Å². The number of benzene rings is 1. The number of carbonyl (C=O) groups is 1. The Morgan fingerprint density at radius 1 is 1.35 bits per heavy atom. The number of nitrogens with one attached hydrogen (secondary N) is 2. The summed E-state index contributed by atoms with van der Waals surface area (Å²) in [5.74, 6) is 0.361. The van der Waals surface area contributed by atoms with Crippen LogP contribution < -0.4 is 5.32 Å². The standard InChI is InChI=1S/C13H15N3O/c17-13(9-3-1-2-4-9)15-11-5-6-12-10(7-11)8-14-16-12/h5-9H,1-4H2,(H,14,16)(H,15,17). The molecule has 1 aliphatic carbocycles. The van der Waals surface area contributed by atoms with Crippen LogP contribution in [0.15, 0.2) is 24.4 Å². The Morgan fingerprint density at radius 3 is 3.00 bits per heavy atom. The van der Waals surface area contributed by atoms with Gasteiger partial charge in [-0.15, -0.1) is 0 Å². The van der Waals surface area contributed by atoms with Crippen LogP contribution >= 0.6 is 0 Å². The predicted octanol–water partition coefficient (Wildman–Crippen LogP) is 2.69. The molecule has 1 saturated carbocycles. The van der Waals surface area contributed by atoms with E-state index in [1.165, 1.54) is 12.8 Å². The van der Waals surface area contributed by atoms with Crippen LogP contribution in [0.25, 0.3) is 10.9 Å². The van der Waals surface area contributed by atoms with Gasteiger partial charge in [-0.1, -0.05) is 12.8 Å². The number of anilines is 1. The topological polar surface area (TPSA) is 57.8 Å². The molecule has 2 N–H and O–H groups in total. The molecule has 1 amide bonds. The van der Waals surface area contributed by atoms with Crippen LogP contribution in [0.5, 0.6) is 0 Å². The van der Waals surface area contributed by atoms with E-state index in [1.807, 2.05) is 18.2 Å². The Balaban J connectivity index is 1.77. The largest absolute Gasteiger partial charge is 0.326 e. The molecule has 1 heterocycles. The van der Waals surface area contributed by atoms with Gasteiger partial charge in [-0.05, 0) is 31.0 Å². The van der Waals surface area contributed by atoms with Crippen molar-refractivity contribution in [3.05, 3.63) is 24.4 Å². The van der Waals surface area contributed by atoms with Gasteiger partial charge in [-0.25, -0.2) is 0 Å². The van der Waals surface area contributed by atoms with Crippen molar-refractivity contribution in [3.63, 3.8) is 0 Å². The number of fused-ring (bicyclic) bond motifs is 1. The van der Waals surface area contributed by atoms with Gasteiger partial charge in [-0.3, -0.25) is 9.89 Å². The van der Waals surface area contributed by atoms with Crippen molar-refractivity contribution in [2.75, 3.05) is 5.32 Å². The minimum absolute atomic E-state index is 0.158. The molecule has 0 radical (unpaired) electrons. The number of aromatic nitrogens is 2. The summed E-state index contributed by atoms with van der Waals surface area (Å²) in [6, 6.07) is 5.80. The second-order valence-electron chi connectivity index (χ2n) is 4.64. The van der Waals surface area contributed by atoms with Crippen molar-refractivity contribution >= 4 is 22.5 Å². The van der Waals surface area contributed by atoms with Crippen LogP contribution in [-0.2, 0) is 4.79 Å². The first-order valence-electron chi connectivity index (χ1n) is 6.07. The zero-order chi connectivity index (χ0) is 11.7. The number of hydrogen-bond donors (Lipinski definition) is 2. The fourth-order valence-corrected chi connectivity index (χ4v) is 2.45. The van der Waals surface area contributed by atoms with Gasteiger partial charge >= 0.3 is 0 Å². The first kappa shape index (κ1) is 10.3. The van der Waals surface area contributed by atoms with E-state index >= 15 is 0 Å². The second kappa shape index (κ2) is 4.20. The molecule has 0 saturated heterocycles. The third kappa shape index (κ3) is 2.02. The first-order chi connectivity index (χ1) is 8.33. The highest BCUT2D eigenvalue weighted by molar-refractivity contribution is 5.95. The molecular weight excluding hydrogens is 214 g/mol. The van der Waals surface area contributed by atoms with E-state index in [9.17, 15) is 4.79 Å². The summed E-state index contributed by atoms with van der Waals surface area (Å²) in [5.41, 5.74) is 1.85. The summed E-state index contributed by atoms with van der Waals surface area (Å²) < 4.78 is 0. The maximum absolute atomic E-state index is 12.0. The van der Waals surface area contributed by atoms with E-state index in [0.717, 1.165) is 29.4 Å². The zero-order valence-electron chi connectivity index (χ0n) is 9.57. The Kier molecular flexibility index (Phi) is 2.55. The number of nitrogens with zero attached hydrogens (tertiary/aromatic N) is 1. The average molecular weight is 229 g/mol. The van der Waals surface area contributed by atoms with Gasteiger partial charge in [0.2, 0.25) is 5.91 Å². The minimum Gasteiger partial charge on any atom is -0.326 e. The lowest BCUT2D eigenvalue weighted by atomic mass is 10.1. The number of carbonyl (C=O) groups excluding carboxylic acids is 1. The van der Waals surface area contributed by atoms with Gasteiger partial charge < -0.3 is 5.32 Å². The van der Waals surface area contributed by atoms with E-state index in [0.29, 0.717) is 0 Å². The number of hydrogen-bond acceptors (Lipinski definition) is 2. The van der Waals surface area contributed by atoms with E-state index in [1.54, 1.807) is 6.20 Å². The first-order valence-corrected chi connectivity index (χ1v) is 6.07. The molecule has 1 aromatic heterocycles. The molecule has 4 nitrogen and oxygen atoms in total. The average Bonchev–Trinajstić information content (AvgIpc) is 2.99. The van der Waals surface area contributed by atoms with Gasteiger partial charge in [0.05, 0.1) is 11.7 Å². The van der Waals surface area contributed by atoms with Crippen molar-refractivity contribution < 1.29 is 4.79 Å². The summed E-state index contributed by atoms with van der Waals surface area (Å²) in [7, 11) is 0. The molecule has 1 aromatic carbocycles. The van der Waals surface area contributed by atoms with Crippen molar-refractivity contribution in [3.8, 4) is 0 Å². The summed E-state index contributed by atoms with van der Waals surface area (Å²) in [5, 5.41) is 10.9. The van der Waals surface area contributed by atoms with Crippen LogP contribution in [0.4, 0.5) is 5.69 Å². The van der Waals surface area contributed by atoms with Crippen molar-refractivity contribution in [2.45, 2.75) is 25.7 Å². The predicted molar refractivity (Wildman–Crippen MR) is 66.7 cm³/mol. The molecule has 17 heavy (non-hydrogen) atoms. The maximum Gasteiger partial charge on any atom is 0.227 e. The number of amides is 1.